The lowest BCUT2D eigenvalue weighted by atomic mass is 9.91. The van der Waals surface area contributed by atoms with E-state index in [0.717, 1.165) is 10.4 Å². The number of azide groups is 1. The quantitative estimate of drug-likeness (QED) is 0.220. The van der Waals surface area contributed by atoms with Crippen molar-refractivity contribution in [1.82, 2.24) is 0 Å². The Labute approximate surface area is 195 Å². The maximum atomic E-state index is 12.6. The van der Waals surface area contributed by atoms with Crippen molar-refractivity contribution in [2.45, 2.75) is 57.4 Å². The standard InChI is InChI=1S/C25H31N3O4Si/c1-5-31-24(30)18-16-21(27-28-26)23(29)22(17-18)32-33(25(2,3)4,19-12-8-6-9-13-19)20-14-10-7-11-15-20/h6-15,17,21-23,29H,5,16H2,1-4H3/t21-,22+,23+/m1/s1. The van der Waals surface area contributed by atoms with Crippen LogP contribution in [0.2, 0.25) is 5.04 Å². The highest BCUT2D eigenvalue weighted by molar-refractivity contribution is 6.99. The molecule has 33 heavy (non-hydrogen) atoms. The fraction of sp³-hybridized carbons (Fsp3) is 0.400. The zero-order chi connectivity index (χ0) is 24.1. The van der Waals surface area contributed by atoms with E-state index in [1.807, 2.05) is 36.4 Å². The van der Waals surface area contributed by atoms with Gasteiger partial charge in [0.25, 0.3) is 8.32 Å². The highest BCUT2D eigenvalue weighted by Crippen LogP contribution is 2.39. The summed E-state index contributed by atoms with van der Waals surface area (Å²) in [5.74, 6) is -0.487. The lowest BCUT2D eigenvalue weighted by Crippen LogP contribution is -2.68. The molecule has 0 spiro atoms. The van der Waals surface area contributed by atoms with Gasteiger partial charge in [-0.1, -0.05) is 86.5 Å². The van der Waals surface area contributed by atoms with Crippen molar-refractivity contribution in [2.75, 3.05) is 6.61 Å². The van der Waals surface area contributed by atoms with Crippen LogP contribution in [0, 0.1) is 0 Å². The molecule has 0 unspecified atom stereocenters. The average Bonchev–Trinajstić information content (AvgIpc) is 2.80. The van der Waals surface area contributed by atoms with Crippen molar-refractivity contribution in [1.29, 1.82) is 0 Å². The summed E-state index contributed by atoms with van der Waals surface area (Å²) in [5, 5.41) is 16.7. The van der Waals surface area contributed by atoms with Crippen molar-refractivity contribution in [3.63, 3.8) is 0 Å². The van der Waals surface area contributed by atoms with Crippen LogP contribution in [-0.4, -0.2) is 44.2 Å². The van der Waals surface area contributed by atoms with Gasteiger partial charge in [0, 0.05) is 10.5 Å². The van der Waals surface area contributed by atoms with E-state index in [1.165, 1.54) is 0 Å². The molecule has 3 rings (SSSR count). The summed E-state index contributed by atoms with van der Waals surface area (Å²) < 4.78 is 12.2. The molecule has 0 amide bonds. The zero-order valence-corrected chi connectivity index (χ0v) is 20.5. The van der Waals surface area contributed by atoms with E-state index in [9.17, 15) is 9.90 Å². The summed E-state index contributed by atoms with van der Waals surface area (Å²) >= 11 is 0. The molecule has 0 heterocycles. The number of esters is 1. The Bertz CT molecular complexity index is 991. The van der Waals surface area contributed by atoms with E-state index in [0.29, 0.717) is 5.57 Å². The molecular formula is C25H31N3O4Si. The number of carbonyl (C=O) groups excluding carboxylic acids is 1. The number of ether oxygens (including phenoxy) is 1. The minimum Gasteiger partial charge on any atom is -0.463 e. The molecular weight excluding hydrogens is 434 g/mol. The summed E-state index contributed by atoms with van der Waals surface area (Å²) in [5.41, 5.74) is 9.40. The molecule has 0 saturated carbocycles. The summed E-state index contributed by atoms with van der Waals surface area (Å²) in [4.78, 5) is 15.4. The topological polar surface area (TPSA) is 105 Å². The highest BCUT2D eigenvalue weighted by Gasteiger charge is 2.53. The molecule has 3 atom stereocenters. The number of carbonyl (C=O) groups is 1. The predicted octanol–water partition coefficient (Wildman–Crippen LogP) is 3.86. The summed E-state index contributed by atoms with van der Waals surface area (Å²) in [7, 11) is -3.01. The molecule has 2 aromatic carbocycles. The van der Waals surface area contributed by atoms with E-state index in [1.54, 1.807) is 13.0 Å². The number of rotatable bonds is 7. The third-order valence-electron chi connectivity index (χ3n) is 5.99. The fourth-order valence-electron chi connectivity index (χ4n) is 4.48. The minimum absolute atomic E-state index is 0.102. The van der Waals surface area contributed by atoms with Crippen LogP contribution >= 0.6 is 0 Å². The van der Waals surface area contributed by atoms with Crippen LogP contribution in [-0.2, 0) is 14.0 Å². The van der Waals surface area contributed by atoms with E-state index in [-0.39, 0.29) is 18.1 Å². The molecule has 0 bridgehead atoms. The molecule has 7 nitrogen and oxygen atoms in total. The SMILES string of the molecule is CCOC(=O)C1=C[C@H](O[Si](c2ccccc2)(c2ccccc2)C(C)(C)C)[C@@H](O)[C@H](N=[N+]=[N-])C1. The molecule has 8 heteroatoms. The molecule has 0 fully saturated rings. The highest BCUT2D eigenvalue weighted by atomic mass is 28.4. The van der Waals surface area contributed by atoms with Crippen LogP contribution in [0.1, 0.15) is 34.1 Å². The third-order valence-corrected chi connectivity index (χ3v) is 11.0. The predicted molar refractivity (Wildman–Crippen MR) is 131 cm³/mol. The molecule has 1 N–H and O–H groups in total. The number of aliphatic hydroxyl groups excluding tert-OH is 1. The van der Waals surface area contributed by atoms with Crippen LogP contribution in [0.3, 0.4) is 0 Å². The molecule has 0 radical (unpaired) electrons. The van der Waals surface area contributed by atoms with E-state index >= 15 is 0 Å². The largest absolute Gasteiger partial charge is 0.463 e. The number of hydrogen-bond donors (Lipinski definition) is 1. The summed E-state index contributed by atoms with van der Waals surface area (Å²) in [6, 6.07) is 19.2. The van der Waals surface area contributed by atoms with Gasteiger partial charge in [0.15, 0.2) is 0 Å². The maximum absolute atomic E-state index is 12.6. The summed E-state index contributed by atoms with van der Waals surface area (Å²) in [6.45, 7) is 8.36. The van der Waals surface area contributed by atoms with Gasteiger partial charge in [-0.15, -0.1) is 0 Å². The van der Waals surface area contributed by atoms with Gasteiger partial charge in [-0.05, 0) is 40.4 Å². The Balaban J connectivity index is 2.20. The van der Waals surface area contributed by atoms with Crippen molar-refractivity contribution >= 4 is 24.7 Å². The van der Waals surface area contributed by atoms with Crippen LogP contribution in [0.15, 0.2) is 77.4 Å². The van der Waals surface area contributed by atoms with Gasteiger partial charge in [0.05, 0.1) is 24.9 Å². The van der Waals surface area contributed by atoms with Gasteiger partial charge in [-0.3, -0.25) is 0 Å². The van der Waals surface area contributed by atoms with Crippen molar-refractivity contribution in [2.24, 2.45) is 5.11 Å². The van der Waals surface area contributed by atoms with Crippen LogP contribution in [0.5, 0.6) is 0 Å². The third kappa shape index (κ3) is 5.04. The first kappa shape index (κ1) is 24.7. The molecule has 0 aliphatic heterocycles. The van der Waals surface area contributed by atoms with Gasteiger partial charge in [-0.2, -0.15) is 0 Å². The van der Waals surface area contributed by atoms with Crippen LogP contribution < -0.4 is 10.4 Å². The lowest BCUT2D eigenvalue weighted by molar-refractivity contribution is -0.139. The Kier molecular flexibility index (Phi) is 7.76. The number of hydrogen-bond acceptors (Lipinski definition) is 5. The Morgan fingerprint density at radius 2 is 1.67 bits per heavy atom. The van der Waals surface area contributed by atoms with E-state index in [4.69, 9.17) is 14.7 Å². The van der Waals surface area contributed by atoms with Crippen molar-refractivity contribution < 1.29 is 19.1 Å². The normalized spacial score (nSPS) is 21.0. The second-order valence-electron chi connectivity index (χ2n) is 9.13. The van der Waals surface area contributed by atoms with Crippen molar-refractivity contribution in [3.8, 4) is 0 Å². The molecule has 1 aliphatic rings. The number of nitrogens with zero attached hydrogens (tertiary/aromatic N) is 3. The number of aliphatic hydroxyl groups is 1. The van der Waals surface area contributed by atoms with Gasteiger partial charge < -0.3 is 14.3 Å². The zero-order valence-electron chi connectivity index (χ0n) is 19.5. The fourth-order valence-corrected chi connectivity index (χ4v) is 9.11. The minimum atomic E-state index is -3.01. The Morgan fingerprint density at radius 3 is 2.12 bits per heavy atom. The van der Waals surface area contributed by atoms with E-state index < -0.39 is 32.5 Å². The Hall–Kier alpha value is -2.90. The average molecular weight is 466 g/mol. The molecule has 174 valence electrons. The summed E-state index contributed by atoms with van der Waals surface area (Å²) in [6.07, 6.45) is -0.198. The van der Waals surface area contributed by atoms with Gasteiger partial charge in [-0.25, -0.2) is 4.79 Å². The first-order chi connectivity index (χ1) is 15.7. The first-order valence-corrected chi connectivity index (χ1v) is 13.0. The van der Waals surface area contributed by atoms with Crippen LogP contribution in [0.4, 0.5) is 0 Å². The van der Waals surface area contributed by atoms with Gasteiger partial charge in [0.2, 0.25) is 0 Å². The second-order valence-corrected chi connectivity index (χ2v) is 13.4. The Morgan fingerprint density at radius 1 is 1.12 bits per heavy atom. The molecule has 1 aliphatic carbocycles. The lowest BCUT2D eigenvalue weighted by Gasteiger charge is -2.46. The molecule has 0 aromatic heterocycles. The second kappa shape index (κ2) is 10.4. The smallest absolute Gasteiger partial charge is 0.333 e. The monoisotopic (exact) mass is 465 g/mol. The van der Waals surface area contributed by atoms with Gasteiger partial charge in [0.1, 0.15) is 0 Å². The maximum Gasteiger partial charge on any atom is 0.333 e. The first-order valence-electron chi connectivity index (χ1n) is 11.1. The van der Waals surface area contributed by atoms with Crippen LogP contribution in [0.25, 0.3) is 10.4 Å². The number of benzene rings is 2. The van der Waals surface area contributed by atoms with E-state index in [2.05, 4.69) is 55.1 Å². The van der Waals surface area contributed by atoms with Gasteiger partial charge >= 0.3 is 5.97 Å². The van der Waals surface area contributed by atoms with Crippen molar-refractivity contribution in [3.05, 3.63) is 82.8 Å². The molecule has 2 aromatic rings. The molecule has 0 saturated heterocycles.